The molecule has 0 spiro atoms. The number of allylic oxidation sites excluding steroid dienone is 2. The average molecular weight is 512 g/mol. The molecule has 0 aliphatic heterocycles. The van der Waals surface area contributed by atoms with Crippen LogP contribution in [0.2, 0.25) is 0 Å². The summed E-state index contributed by atoms with van der Waals surface area (Å²) in [5, 5.41) is 12.2. The molecule has 0 heterocycles. The molecule has 200 valence electrons. The van der Waals surface area contributed by atoms with Crippen molar-refractivity contribution in [2.24, 2.45) is 0 Å². The average Bonchev–Trinajstić information content (AvgIpc) is 2.81. The lowest BCUT2D eigenvalue weighted by Crippen LogP contribution is -2.39. The van der Waals surface area contributed by atoms with Crippen LogP contribution in [0.4, 0.5) is 0 Å². The van der Waals surface area contributed by atoms with Crippen LogP contribution in [-0.2, 0) is 20.3 Å². The van der Waals surface area contributed by atoms with Crippen LogP contribution in [0.15, 0.2) is 36.4 Å². The number of phosphoric acid groups is 1. The van der Waals surface area contributed by atoms with Crippen molar-refractivity contribution in [1.29, 1.82) is 0 Å². The summed E-state index contributed by atoms with van der Waals surface area (Å²) >= 11 is 0. The number of unbranched alkanes of at least 4 members (excludes halogenated alkanes) is 11. The normalized spacial score (nSPS) is 12.8. The Morgan fingerprint density at radius 3 is 2.03 bits per heavy atom. The van der Waals surface area contributed by atoms with Gasteiger partial charge < -0.3 is 20.2 Å². The van der Waals surface area contributed by atoms with Gasteiger partial charge in [-0.1, -0.05) is 82.6 Å². The fourth-order valence-corrected chi connectivity index (χ4v) is 4.29. The number of phenolic OH excluding ortho intramolecular Hbond substituents is 1. The lowest BCUT2D eigenvalue weighted by Gasteiger charge is -2.19. The highest BCUT2D eigenvalue weighted by Crippen LogP contribution is 2.35. The van der Waals surface area contributed by atoms with Gasteiger partial charge in [-0.05, 0) is 56.2 Å². The number of aromatic hydroxyl groups is 1. The van der Waals surface area contributed by atoms with Crippen molar-refractivity contribution in [2.75, 3.05) is 6.61 Å². The fraction of sp³-hybridized carbons (Fsp3) is 0.667. The van der Waals surface area contributed by atoms with Crippen LogP contribution < -0.4 is 5.32 Å². The summed E-state index contributed by atoms with van der Waals surface area (Å²) in [5.41, 5.74) is 0.823. The number of rotatable bonds is 21. The van der Waals surface area contributed by atoms with Gasteiger partial charge in [0.1, 0.15) is 5.75 Å². The molecular formula is C27H46NO6P. The Morgan fingerprint density at radius 1 is 0.914 bits per heavy atom. The summed E-state index contributed by atoms with van der Waals surface area (Å²) in [5.74, 6) is -0.0225. The minimum absolute atomic E-state index is 0.130. The van der Waals surface area contributed by atoms with Gasteiger partial charge in [-0.2, -0.15) is 0 Å². The third-order valence-electron chi connectivity index (χ3n) is 5.89. The van der Waals surface area contributed by atoms with Crippen molar-refractivity contribution in [3.63, 3.8) is 0 Å². The Labute approximate surface area is 211 Å². The van der Waals surface area contributed by atoms with E-state index < -0.39 is 13.9 Å². The molecule has 1 rings (SSSR count). The van der Waals surface area contributed by atoms with Gasteiger partial charge in [-0.15, -0.1) is 0 Å². The van der Waals surface area contributed by atoms with E-state index in [1.165, 1.54) is 63.5 Å². The quantitative estimate of drug-likeness (QED) is 0.0843. The van der Waals surface area contributed by atoms with Gasteiger partial charge in [0.25, 0.3) is 0 Å². The Kier molecular flexibility index (Phi) is 17.5. The maximum absolute atomic E-state index is 12.3. The first-order valence-corrected chi connectivity index (χ1v) is 14.8. The molecule has 8 heteroatoms. The second-order valence-corrected chi connectivity index (χ2v) is 10.5. The molecule has 35 heavy (non-hydrogen) atoms. The van der Waals surface area contributed by atoms with Gasteiger partial charge >= 0.3 is 7.82 Å². The molecule has 1 unspecified atom stereocenters. The standard InChI is InChI=1S/C27H46NO6P/c1-2-3-4-5-6-7-8-9-10-11-12-13-14-15-16-17-27(30)28-25(23-34-35(31,32)33)22-24-18-20-26(29)21-19-24/h9-10,18-21,25,29H,2-8,11-17,22-23H2,1H3,(H,28,30)(H2,31,32,33)/b10-9-. The number of amides is 1. The van der Waals surface area contributed by atoms with E-state index in [0.29, 0.717) is 12.8 Å². The second kappa shape index (κ2) is 19.5. The third-order valence-corrected chi connectivity index (χ3v) is 6.38. The van der Waals surface area contributed by atoms with E-state index in [0.717, 1.165) is 37.7 Å². The van der Waals surface area contributed by atoms with Crippen LogP contribution in [-0.4, -0.2) is 33.4 Å². The molecule has 1 amide bonds. The number of phosphoric ester groups is 1. The van der Waals surface area contributed by atoms with Crippen molar-refractivity contribution < 1.29 is 28.8 Å². The second-order valence-electron chi connectivity index (χ2n) is 9.26. The van der Waals surface area contributed by atoms with Gasteiger partial charge in [0.15, 0.2) is 0 Å². The molecule has 0 saturated heterocycles. The van der Waals surface area contributed by atoms with Crippen molar-refractivity contribution in [1.82, 2.24) is 5.32 Å². The zero-order chi connectivity index (χ0) is 25.8. The number of nitrogens with one attached hydrogen (secondary N) is 1. The third kappa shape index (κ3) is 19.2. The maximum atomic E-state index is 12.3. The SMILES string of the molecule is CCCCCCCC/C=C\CCCCCCCC(=O)NC(COP(=O)(O)O)Cc1ccc(O)cc1. The van der Waals surface area contributed by atoms with E-state index in [4.69, 9.17) is 9.79 Å². The van der Waals surface area contributed by atoms with Crippen LogP contribution in [0.3, 0.4) is 0 Å². The summed E-state index contributed by atoms with van der Waals surface area (Å²) in [7, 11) is -4.63. The number of phenols is 1. The number of hydrogen-bond acceptors (Lipinski definition) is 4. The Hall–Kier alpha value is -1.66. The van der Waals surface area contributed by atoms with Gasteiger partial charge in [0, 0.05) is 6.42 Å². The highest BCUT2D eigenvalue weighted by atomic mass is 31.2. The largest absolute Gasteiger partial charge is 0.508 e. The Morgan fingerprint density at radius 2 is 1.46 bits per heavy atom. The molecule has 0 aliphatic rings. The zero-order valence-electron chi connectivity index (χ0n) is 21.4. The molecule has 4 N–H and O–H groups in total. The summed E-state index contributed by atoms with van der Waals surface area (Å²) in [6, 6.07) is 5.90. The number of hydrogen-bond donors (Lipinski definition) is 4. The topological polar surface area (TPSA) is 116 Å². The van der Waals surface area contributed by atoms with Crippen molar-refractivity contribution in [3.05, 3.63) is 42.0 Å². The number of carbonyl (C=O) groups is 1. The summed E-state index contributed by atoms with van der Waals surface area (Å²) < 4.78 is 15.7. The van der Waals surface area contributed by atoms with E-state index >= 15 is 0 Å². The molecule has 1 aromatic carbocycles. The van der Waals surface area contributed by atoms with E-state index in [1.807, 2.05) is 0 Å². The summed E-state index contributed by atoms with van der Waals surface area (Å²) in [6.45, 7) is 1.96. The van der Waals surface area contributed by atoms with Crippen molar-refractivity contribution in [2.45, 2.75) is 109 Å². The predicted molar refractivity (Wildman–Crippen MR) is 141 cm³/mol. The minimum atomic E-state index is -4.63. The molecule has 0 saturated carbocycles. The molecule has 0 fully saturated rings. The Balaban J connectivity index is 2.15. The highest BCUT2D eigenvalue weighted by Gasteiger charge is 2.20. The van der Waals surface area contributed by atoms with E-state index in [9.17, 15) is 14.5 Å². The van der Waals surface area contributed by atoms with Gasteiger partial charge in [-0.25, -0.2) is 4.57 Å². The summed E-state index contributed by atoms with van der Waals surface area (Å²) in [6.07, 6.45) is 20.9. The molecule has 0 aromatic heterocycles. The maximum Gasteiger partial charge on any atom is 0.469 e. The first kappa shape index (κ1) is 31.4. The summed E-state index contributed by atoms with van der Waals surface area (Å²) in [4.78, 5) is 30.3. The molecule has 0 bridgehead atoms. The molecule has 0 aliphatic carbocycles. The van der Waals surface area contributed by atoms with Crippen LogP contribution in [0.5, 0.6) is 5.75 Å². The predicted octanol–water partition coefficient (Wildman–Crippen LogP) is 6.57. The molecule has 1 atom stereocenters. The lowest BCUT2D eigenvalue weighted by molar-refractivity contribution is -0.122. The van der Waals surface area contributed by atoms with Crippen LogP contribution in [0.1, 0.15) is 102 Å². The first-order chi connectivity index (χ1) is 16.8. The van der Waals surface area contributed by atoms with Crippen LogP contribution in [0, 0.1) is 0 Å². The Bertz CT molecular complexity index is 747. The first-order valence-electron chi connectivity index (χ1n) is 13.2. The van der Waals surface area contributed by atoms with E-state index in [-0.39, 0.29) is 18.3 Å². The highest BCUT2D eigenvalue weighted by molar-refractivity contribution is 7.46. The van der Waals surface area contributed by atoms with Crippen molar-refractivity contribution in [3.8, 4) is 5.75 Å². The van der Waals surface area contributed by atoms with E-state index in [2.05, 4.69) is 28.9 Å². The van der Waals surface area contributed by atoms with Crippen LogP contribution >= 0.6 is 7.82 Å². The van der Waals surface area contributed by atoms with Gasteiger partial charge in [0.2, 0.25) is 5.91 Å². The fourth-order valence-electron chi connectivity index (χ4n) is 3.91. The zero-order valence-corrected chi connectivity index (χ0v) is 22.3. The van der Waals surface area contributed by atoms with Crippen LogP contribution in [0.25, 0.3) is 0 Å². The monoisotopic (exact) mass is 511 g/mol. The molecule has 1 aromatic rings. The van der Waals surface area contributed by atoms with Gasteiger partial charge in [0.05, 0.1) is 12.6 Å². The number of carbonyl (C=O) groups excluding carboxylic acids is 1. The van der Waals surface area contributed by atoms with Gasteiger partial charge in [-0.3, -0.25) is 9.32 Å². The molecule has 0 radical (unpaired) electrons. The smallest absolute Gasteiger partial charge is 0.469 e. The number of benzene rings is 1. The lowest BCUT2D eigenvalue weighted by atomic mass is 10.1. The molecule has 7 nitrogen and oxygen atoms in total. The van der Waals surface area contributed by atoms with Crippen molar-refractivity contribution >= 4 is 13.7 Å². The van der Waals surface area contributed by atoms with E-state index in [1.54, 1.807) is 12.1 Å². The molecular weight excluding hydrogens is 465 g/mol. The minimum Gasteiger partial charge on any atom is -0.508 e.